The minimum Gasteiger partial charge on any atom is -0.479 e. The maximum Gasteiger partial charge on any atom is 0.267 e. The van der Waals surface area contributed by atoms with Crippen LogP contribution in [0.2, 0.25) is 10.0 Å². The Morgan fingerprint density at radius 1 is 1.06 bits per heavy atom. The number of hydrogen-bond donors (Lipinski definition) is 0. The van der Waals surface area contributed by atoms with Crippen LogP contribution in [0.1, 0.15) is 31.7 Å². The van der Waals surface area contributed by atoms with Crippen molar-refractivity contribution in [2.24, 2.45) is 0 Å². The van der Waals surface area contributed by atoms with Crippen LogP contribution >= 0.6 is 23.2 Å². The van der Waals surface area contributed by atoms with Gasteiger partial charge in [-0.25, -0.2) is 8.42 Å². The molecule has 1 fully saturated rings. The van der Waals surface area contributed by atoms with Gasteiger partial charge in [-0.2, -0.15) is 4.31 Å². The van der Waals surface area contributed by atoms with Crippen molar-refractivity contribution in [1.29, 1.82) is 0 Å². The van der Waals surface area contributed by atoms with Crippen molar-refractivity contribution >= 4 is 44.8 Å². The number of hydrogen-bond acceptors (Lipinski definition) is 4. The van der Waals surface area contributed by atoms with Gasteiger partial charge in [0.25, 0.3) is 5.91 Å². The molecule has 2 aliphatic heterocycles. The number of anilines is 1. The molecule has 2 aliphatic rings. The SMILES string of the molecule is CC(Oc1cccc(Cl)c1Cl)C(=O)N1CCCc2cc(S(=O)(=O)N3CCCC3)ccc21. The molecule has 31 heavy (non-hydrogen) atoms. The molecule has 0 aliphatic carbocycles. The molecule has 4 rings (SSSR count). The summed E-state index contributed by atoms with van der Waals surface area (Å²) in [6.45, 7) is 3.33. The molecule has 2 aromatic carbocycles. The van der Waals surface area contributed by atoms with E-state index in [0.29, 0.717) is 30.4 Å². The Labute approximate surface area is 192 Å². The van der Waals surface area contributed by atoms with E-state index in [1.807, 2.05) is 0 Å². The van der Waals surface area contributed by atoms with Crippen LogP contribution in [-0.2, 0) is 21.2 Å². The number of halogens is 2. The van der Waals surface area contributed by atoms with Crippen molar-refractivity contribution < 1.29 is 17.9 Å². The molecule has 6 nitrogen and oxygen atoms in total. The second-order valence-electron chi connectivity index (χ2n) is 7.81. The Bertz CT molecular complexity index is 1100. The highest BCUT2D eigenvalue weighted by Gasteiger charge is 2.31. The van der Waals surface area contributed by atoms with Gasteiger partial charge in [0.15, 0.2) is 6.10 Å². The smallest absolute Gasteiger partial charge is 0.267 e. The first-order valence-electron chi connectivity index (χ1n) is 10.3. The summed E-state index contributed by atoms with van der Waals surface area (Å²) in [4.78, 5) is 15.1. The van der Waals surface area contributed by atoms with Gasteiger partial charge in [0.2, 0.25) is 10.0 Å². The lowest BCUT2D eigenvalue weighted by Gasteiger charge is -2.32. The molecule has 1 unspecified atom stereocenters. The molecule has 0 aromatic heterocycles. The molecule has 0 spiro atoms. The van der Waals surface area contributed by atoms with Crippen LogP contribution in [0.5, 0.6) is 5.75 Å². The van der Waals surface area contributed by atoms with Crippen molar-refractivity contribution in [2.75, 3.05) is 24.5 Å². The third-order valence-corrected chi connectivity index (χ3v) is 8.40. The zero-order valence-electron chi connectivity index (χ0n) is 17.2. The van der Waals surface area contributed by atoms with Crippen LogP contribution in [0.15, 0.2) is 41.3 Å². The van der Waals surface area contributed by atoms with E-state index < -0.39 is 16.1 Å². The van der Waals surface area contributed by atoms with Crippen LogP contribution in [0.4, 0.5) is 5.69 Å². The van der Waals surface area contributed by atoms with E-state index in [1.165, 1.54) is 4.31 Å². The number of carbonyl (C=O) groups excluding carboxylic acids is 1. The summed E-state index contributed by atoms with van der Waals surface area (Å²) in [5, 5.41) is 0.619. The van der Waals surface area contributed by atoms with Crippen molar-refractivity contribution in [3.05, 3.63) is 52.0 Å². The summed E-state index contributed by atoms with van der Waals surface area (Å²) in [6, 6.07) is 10.1. The summed E-state index contributed by atoms with van der Waals surface area (Å²) in [6.07, 6.45) is 2.46. The average Bonchev–Trinajstić information content (AvgIpc) is 3.31. The molecule has 0 N–H and O–H groups in total. The van der Waals surface area contributed by atoms with Gasteiger partial charge in [0.1, 0.15) is 10.8 Å². The highest BCUT2D eigenvalue weighted by molar-refractivity contribution is 7.89. The number of fused-ring (bicyclic) bond motifs is 1. The average molecular weight is 483 g/mol. The molecule has 1 saturated heterocycles. The van der Waals surface area contributed by atoms with Gasteiger partial charge in [0.05, 0.1) is 9.92 Å². The third-order valence-electron chi connectivity index (χ3n) is 5.71. The van der Waals surface area contributed by atoms with E-state index in [9.17, 15) is 13.2 Å². The van der Waals surface area contributed by atoms with E-state index >= 15 is 0 Å². The topological polar surface area (TPSA) is 66.9 Å². The highest BCUT2D eigenvalue weighted by Crippen LogP contribution is 2.34. The number of amides is 1. The summed E-state index contributed by atoms with van der Waals surface area (Å²) in [5.74, 6) is 0.131. The Kier molecular flexibility index (Phi) is 6.49. The Hall–Kier alpha value is -1.80. The molecule has 1 amide bonds. The second kappa shape index (κ2) is 8.98. The maximum atomic E-state index is 13.2. The van der Waals surface area contributed by atoms with Crippen LogP contribution in [0, 0.1) is 0 Å². The molecule has 0 radical (unpaired) electrons. The molecule has 1 atom stereocenters. The number of carbonyl (C=O) groups is 1. The molecular formula is C22H24Cl2N2O4S. The van der Waals surface area contributed by atoms with Gasteiger partial charge in [-0.05, 0) is 68.5 Å². The van der Waals surface area contributed by atoms with Crippen molar-refractivity contribution in [1.82, 2.24) is 4.31 Å². The van der Waals surface area contributed by atoms with Gasteiger partial charge in [0, 0.05) is 25.3 Å². The Morgan fingerprint density at radius 3 is 2.55 bits per heavy atom. The lowest BCUT2D eigenvalue weighted by molar-refractivity contribution is -0.124. The molecule has 0 bridgehead atoms. The van der Waals surface area contributed by atoms with Crippen LogP contribution in [0.25, 0.3) is 0 Å². The van der Waals surface area contributed by atoms with Crippen LogP contribution in [0.3, 0.4) is 0 Å². The van der Waals surface area contributed by atoms with Crippen molar-refractivity contribution in [3.8, 4) is 5.75 Å². The van der Waals surface area contributed by atoms with E-state index in [4.69, 9.17) is 27.9 Å². The van der Waals surface area contributed by atoms with Gasteiger partial charge < -0.3 is 9.64 Å². The predicted molar refractivity (Wildman–Crippen MR) is 122 cm³/mol. The number of rotatable bonds is 5. The third kappa shape index (κ3) is 4.42. The normalized spacial score (nSPS) is 18.0. The van der Waals surface area contributed by atoms with Gasteiger partial charge in [-0.1, -0.05) is 29.3 Å². The summed E-state index contributed by atoms with van der Waals surface area (Å²) in [7, 11) is -3.50. The zero-order valence-corrected chi connectivity index (χ0v) is 19.5. The number of aryl methyl sites for hydroxylation is 1. The van der Waals surface area contributed by atoms with Crippen molar-refractivity contribution in [2.45, 2.75) is 43.6 Å². The molecule has 0 saturated carbocycles. The van der Waals surface area contributed by atoms with Gasteiger partial charge in [-0.3, -0.25) is 4.79 Å². The minimum absolute atomic E-state index is 0.216. The largest absolute Gasteiger partial charge is 0.479 e. The summed E-state index contributed by atoms with van der Waals surface area (Å²) < 4.78 is 33.1. The predicted octanol–water partition coefficient (Wildman–Crippen LogP) is 4.52. The number of nitrogens with zero attached hydrogens (tertiary/aromatic N) is 2. The van der Waals surface area contributed by atoms with Crippen LogP contribution < -0.4 is 9.64 Å². The number of benzene rings is 2. The number of sulfonamides is 1. The second-order valence-corrected chi connectivity index (χ2v) is 10.5. The highest BCUT2D eigenvalue weighted by atomic mass is 35.5. The first-order chi connectivity index (χ1) is 14.8. The Morgan fingerprint density at radius 2 is 1.81 bits per heavy atom. The van der Waals surface area contributed by atoms with E-state index in [-0.39, 0.29) is 15.8 Å². The van der Waals surface area contributed by atoms with Crippen molar-refractivity contribution in [3.63, 3.8) is 0 Å². The fraction of sp³-hybridized carbons (Fsp3) is 0.409. The first-order valence-corrected chi connectivity index (χ1v) is 12.5. The monoisotopic (exact) mass is 482 g/mol. The zero-order chi connectivity index (χ0) is 22.2. The first kappa shape index (κ1) is 22.4. The lowest BCUT2D eigenvalue weighted by atomic mass is 10.0. The van der Waals surface area contributed by atoms with Crippen LogP contribution in [-0.4, -0.2) is 44.4 Å². The lowest BCUT2D eigenvalue weighted by Crippen LogP contribution is -2.43. The standard InChI is InChI=1S/C22H24Cl2N2O4S/c1-15(30-20-8-4-7-18(23)21(20)24)22(27)26-13-5-6-16-14-17(9-10-19(16)26)31(28,29)25-11-2-3-12-25/h4,7-10,14-15H,2-3,5-6,11-13H2,1H3. The number of ether oxygens (including phenoxy) is 1. The minimum atomic E-state index is -3.50. The van der Waals surface area contributed by atoms with E-state index in [1.54, 1.807) is 48.2 Å². The van der Waals surface area contributed by atoms with Gasteiger partial charge in [-0.15, -0.1) is 0 Å². The molecular weight excluding hydrogens is 459 g/mol. The Balaban J connectivity index is 1.56. The van der Waals surface area contributed by atoms with E-state index in [2.05, 4.69) is 0 Å². The summed E-state index contributed by atoms with van der Waals surface area (Å²) in [5.41, 5.74) is 1.58. The molecule has 166 valence electrons. The van der Waals surface area contributed by atoms with Gasteiger partial charge >= 0.3 is 0 Å². The fourth-order valence-electron chi connectivity index (χ4n) is 4.08. The summed E-state index contributed by atoms with van der Waals surface area (Å²) >= 11 is 12.2. The molecule has 9 heteroatoms. The fourth-order valence-corrected chi connectivity index (χ4v) is 5.98. The quantitative estimate of drug-likeness (QED) is 0.627. The maximum absolute atomic E-state index is 13.2. The van der Waals surface area contributed by atoms with E-state index in [0.717, 1.165) is 36.9 Å². The molecule has 2 aromatic rings. The molecule has 2 heterocycles.